The summed E-state index contributed by atoms with van der Waals surface area (Å²) in [5.41, 5.74) is 2.68. The molecule has 0 aliphatic carbocycles. The third-order valence-corrected chi connectivity index (χ3v) is 7.89. The molecule has 0 bridgehead atoms. The van der Waals surface area contributed by atoms with E-state index in [-0.39, 0.29) is 23.0 Å². The van der Waals surface area contributed by atoms with Gasteiger partial charge in [0.25, 0.3) is 0 Å². The maximum Gasteiger partial charge on any atom is 0.323 e. The zero-order valence-corrected chi connectivity index (χ0v) is 26.9. The van der Waals surface area contributed by atoms with Gasteiger partial charge in [-0.2, -0.15) is 0 Å². The molecule has 1 aliphatic heterocycles. The lowest BCUT2D eigenvalue weighted by Gasteiger charge is -2.15. The molecular formula is C33H50BrN3O2S. The minimum absolute atomic E-state index is 0. The Bertz CT molecular complexity index is 970. The van der Waals surface area contributed by atoms with Crippen LogP contribution in [0.1, 0.15) is 102 Å². The fourth-order valence-electron chi connectivity index (χ4n) is 4.80. The Kier molecular flexibility index (Phi) is 18.4. The zero-order valence-electron chi connectivity index (χ0n) is 24.4. The molecule has 1 heterocycles. The molecule has 0 spiro atoms. The van der Waals surface area contributed by atoms with Crippen molar-refractivity contribution in [2.75, 3.05) is 23.1 Å². The number of nitrogens with zero attached hydrogens (tertiary/aromatic N) is 1. The van der Waals surface area contributed by atoms with Crippen LogP contribution in [-0.2, 0) is 6.54 Å². The van der Waals surface area contributed by atoms with Crippen molar-refractivity contribution in [2.24, 2.45) is 0 Å². The van der Waals surface area contributed by atoms with E-state index in [2.05, 4.69) is 46.2 Å². The molecule has 1 aliphatic rings. The molecule has 0 radical (unpaired) electrons. The third kappa shape index (κ3) is 14.5. The average molecular weight is 633 g/mol. The van der Waals surface area contributed by atoms with E-state index in [0.717, 1.165) is 24.5 Å². The second-order valence-corrected chi connectivity index (χ2v) is 11.4. The van der Waals surface area contributed by atoms with Crippen LogP contribution in [0.4, 0.5) is 16.2 Å². The number of urea groups is 1. The fraction of sp³-hybridized carbons (Fsp3) is 0.545. The summed E-state index contributed by atoms with van der Waals surface area (Å²) in [5, 5.41) is 7.98. The van der Waals surface area contributed by atoms with Gasteiger partial charge in [-0.15, -0.1) is 28.7 Å². The van der Waals surface area contributed by atoms with Gasteiger partial charge in [0, 0.05) is 18.4 Å². The van der Waals surface area contributed by atoms with Crippen LogP contribution in [0.5, 0.6) is 5.75 Å². The molecule has 2 amide bonds. The lowest BCUT2D eigenvalue weighted by atomic mass is 10.0. The Balaban J connectivity index is 0.00000560. The van der Waals surface area contributed by atoms with E-state index in [1.54, 1.807) is 11.8 Å². The lowest BCUT2D eigenvalue weighted by molar-refractivity contribution is 0.261. The molecule has 2 aromatic carbocycles. The molecule has 5 nitrogen and oxygen atoms in total. The summed E-state index contributed by atoms with van der Waals surface area (Å²) >= 11 is 1.80. The largest absolute Gasteiger partial charge is 0.491 e. The van der Waals surface area contributed by atoms with Crippen molar-refractivity contribution >= 4 is 46.1 Å². The molecule has 2 N–H and O–H groups in total. The van der Waals surface area contributed by atoms with Crippen LogP contribution in [0, 0.1) is 0 Å². The lowest BCUT2D eigenvalue weighted by Crippen LogP contribution is -2.20. The predicted molar refractivity (Wildman–Crippen MR) is 179 cm³/mol. The van der Waals surface area contributed by atoms with E-state index in [1.165, 1.54) is 89.0 Å². The second-order valence-electron chi connectivity index (χ2n) is 10.5. The molecule has 40 heavy (non-hydrogen) atoms. The first-order valence-electron chi connectivity index (χ1n) is 15.2. The molecule has 7 heteroatoms. The van der Waals surface area contributed by atoms with Gasteiger partial charge in [-0.05, 0) is 41.7 Å². The summed E-state index contributed by atoms with van der Waals surface area (Å²) < 4.78 is 6.02. The van der Waals surface area contributed by atoms with E-state index in [0.29, 0.717) is 18.0 Å². The first kappa shape index (κ1) is 34.1. The van der Waals surface area contributed by atoms with E-state index >= 15 is 0 Å². The minimum atomic E-state index is -0.269. The molecule has 222 valence electrons. The highest BCUT2D eigenvalue weighted by Gasteiger charge is 2.09. The number of ether oxygens (including phenoxy) is 1. The van der Waals surface area contributed by atoms with Crippen LogP contribution in [0.3, 0.4) is 0 Å². The highest BCUT2D eigenvalue weighted by atomic mass is 79.9. The van der Waals surface area contributed by atoms with Gasteiger partial charge in [0.05, 0.1) is 18.2 Å². The van der Waals surface area contributed by atoms with Crippen molar-refractivity contribution in [3.63, 3.8) is 0 Å². The van der Waals surface area contributed by atoms with Crippen LogP contribution in [0.15, 0.2) is 60.1 Å². The molecule has 0 aromatic heterocycles. The van der Waals surface area contributed by atoms with Crippen molar-refractivity contribution in [3.05, 3.63) is 65.7 Å². The van der Waals surface area contributed by atoms with Crippen molar-refractivity contribution in [3.8, 4) is 5.75 Å². The molecule has 0 fully saturated rings. The number of benzene rings is 2. The maximum atomic E-state index is 12.6. The number of unbranched alkanes of at least 4 members (excludes halogenated alkanes) is 13. The Morgan fingerprint density at radius 2 is 1.40 bits per heavy atom. The van der Waals surface area contributed by atoms with Crippen molar-refractivity contribution in [2.45, 2.75) is 103 Å². The van der Waals surface area contributed by atoms with Crippen molar-refractivity contribution in [1.29, 1.82) is 0 Å². The summed E-state index contributed by atoms with van der Waals surface area (Å²) in [6.07, 6.45) is 20.9. The summed E-state index contributed by atoms with van der Waals surface area (Å²) in [5.74, 6) is 1.71. The van der Waals surface area contributed by atoms with E-state index in [4.69, 9.17) is 4.74 Å². The monoisotopic (exact) mass is 631 g/mol. The summed E-state index contributed by atoms with van der Waals surface area (Å²) in [7, 11) is 0. The van der Waals surface area contributed by atoms with Gasteiger partial charge >= 0.3 is 6.03 Å². The zero-order chi connectivity index (χ0) is 27.4. The van der Waals surface area contributed by atoms with Crippen molar-refractivity contribution in [1.82, 2.24) is 4.90 Å². The fourth-order valence-corrected chi connectivity index (χ4v) is 5.51. The van der Waals surface area contributed by atoms with Gasteiger partial charge < -0.3 is 20.3 Å². The highest BCUT2D eigenvalue weighted by Crippen LogP contribution is 2.25. The molecule has 2 aromatic rings. The predicted octanol–water partition coefficient (Wildman–Crippen LogP) is 10.7. The van der Waals surface area contributed by atoms with Gasteiger partial charge in [0.2, 0.25) is 0 Å². The SMILES string of the molecule is Br.CCCCCCCCCCCCCCCCOc1ccccc1NC(=O)Nc1ccc(CN2C=CSC2)cc1. The number of para-hydroxylation sites is 2. The second kappa shape index (κ2) is 21.6. The number of carbonyl (C=O) groups excluding carboxylic acids is 1. The molecule has 0 saturated carbocycles. The van der Waals surface area contributed by atoms with Crippen LogP contribution >= 0.6 is 28.7 Å². The van der Waals surface area contributed by atoms with Gasteiger partial charge in [-0.3, -0.25) is 0 Å². The Morgan fingerprint density at radius 1 is 0.800 bits per heavy atom. The number of halogens is 1. The van der Waals surface area contributed by atoms with E-state index in [1.807, 2.05) is 36.4 Å². The number of rotatable bonds is 20. The van der Waals surface area contributed by atoms with Gasteiger partial charge in [0.1, 0.15) is 5.75 Å². The van der Waals surface area contributed by atoms with Crippen LogP contribution in [0.25, 0.3) is 0 Å². The molecule has 0 atom stereocenters. The summed E-state index contributed by atoms with van der Waals surface area (Å²) in [4.78, 5) is 14.9. The third-order valence-electron chi connectivity index (χ3n) is 7.10. The summed E-state index contributed by atoms with van der Waals surface area (Å²) in [6.45, 7) is 3.83. The topological polar surface area (TPSA) is 53.6 Å². The summed E-state index contributed by atoms with van der Waals surface area (Å²) in [6, 6.07) is 15.4. The first-order valence-corrected chi connectivity index (χ1v) is 16.2. The Labute approximate surface area is 257 Å². The maximum absolute atomic E-state index is 12.6. The Morgan fingerprint density at radius 3 is 2.00 bits per heavy atom. The highest BCUT2D eigenvalue weighted by molar-refractivity contribution is 8.93. The molecule has 0 unspecified atom stereocenters. The number of anilines is 2. The smallest absolute Gasteiger partial charge is 0.323 e. The van der Waals surface area contributed by atoms with Gasteiger partial charge in [0.15, 0.2) is 0 Å². The number of hydrogen-bond acceptors (Lipinski definition) is 4. The standard InChI is InChI=1S/C33H49N3O2S.BrH/c1-2-3-4-5-6-7-8-9-10-11-12-13-14-17-25-38-32-19-16-15-18-31(32)35-33(37)34-30-22-20-29(21-23-30)27-36-24-26-39-28-36;/h15-16,18-24,26H,2-14,17,25,27-28H2,1H3,(H2,34,35,37);1H. The van der Waals surface area contributed by atoms with Crippen LogP contribution < -0.4 is 15.4 Å². The number of hydrogen-bond donors (Lipinski definition) is 2. The first-order chi connectivity index (χ1) is 19.2. The number of amides is 2. The molecule has 0 saturated heterocycles. The Hall–Kier alpha value is -2.12. The quantitative estimate of drug-likeness (QED) is 0.143. The number of nitrogens with one attached hydrogen (secondary N) is 2. The molecular weight excluding hydrogens is 582 g/mol. The minimum Gasteiger partial charge on any atom is -0.491 e. The normalized spacial score (nSPS) is 12.3. The molecule has 3 rings (SSSR count). The van der Waals surface area contributed by atoms with Crippen LogP contribution in [0.2, 0.25) is 0 Å². The van der Waals surface area contributed by atoms with Gasteiger partial charge in [-0.25, -0.2) is 4.79 Å². The van der Waals surface area contributed by atoms with E-state index < -0.39 is 0 Å². The van der Waals surface area contributed by atoms with Crippen LogP contribution in [-0.4, -0.2) is 23.4 Å². The van der Waals surface area contributed by atoms with E-state index in [9.17, 15) is 4.79 Å². The number of carbonyl (C=O) groups is 1. The van der Waals surface area contributed by atoms with Crippen molar-refractivity contribution < 1.29 is 9.53 Å². The van der Waals surface area contributed by atoms with Gasteiger partial charge in [-0.1, -0.05) is 115 Å². The average Bonchev–Trinajstić information content (AvgIpc) is 3.46. The number of thioether (sulfide) groups is 1.